The van der Waals surface area contributed by atoms with Crippen LogP contribution in [0.4, 0.5) is 10.5 Å². The van der Waals surface area contributed by atoms with E-state index in [1.165, 1.54) is 12.1 Å². The number of carbonyl (C=O) groups is 2. The number of rotatable bonds is 3. The molecular weight excluding hydrogens is 260 g/mol. The van der Waals surface area contributed by atoms with E-state index in [0.29, 0.717) is 0 Å². The lowest BCUT2D eigenvalue weighted by molar-refractivity contribution is -0.116. The van der Waals surface area contributed by atoms with Crippen LogP contribution in [0.2, 0.25) is 0 Å². The second-order valence-electron chi connectivity index (χ2n) is 5.52. The van der Waals surface area contributed by atoms with Crippen LogP contribution in [0.25, 0.3) is 0 Å². The molecule has 2 amide bonds. The van der Waals surface area contributed by atoms with Crippen LogP contribution in [-0.4, -0.2) is 29.3 Å². The van der Waals surface area contributed by atoms with Gasteiger partial charge in [-0.3, -0.25) is 9.69 Å². The quantitative estimate of drug-likeness (QED) is 0.884. The molecule has 0 unspecified atom stereocenters. The highest BCUT2D eigenvalue weighted by Gasteiger charge is 2.26. The minimum atomic E-state index is -0.740. The largest absolute Gasteiger partial charge is 0.506 e. The van der Waals surface area contributed by atoms with E-state index in [1.54, 1.807) is 33.8 Å². The summed E-state index contributed by atoms with van der Waals surface area (Å²) < 4.78 is 5.21. The summed E-state index contributed by atoms with van der Waals surface area (Å²) >= 11 is 0. The van der Waals surface area contributed by atoms with E-state index in [4.69, 9.17) is 10.5 Å². The average molecular weight is 280 g/mol. The highest BCUT2D eigenvalue weighted by Crippen LogP contribution is 2.29. The Morgan fingerprint density at radius 2 is 1.95 bits per heavy atom. The zero-order chi connectivity index (χ0) is 15.5. The van der Waals surface area contributed by atoms with Crippen molar-refractivity contribution < 1.29 is 19.4 Å². The van der Waals surface area contributed by atoms with Gasteiger partial charge in [-0.05, 0) is 45.4 Å². The number of amides is 2. The molecule has 1 aromatic carbocycles. The SMILES string of the molecule is Cc1ccc(N(CC(N)=O)C(=O)OC(C)(C)C)c(O)c1. The second-order valence-corrected chi connectivity index (χ2v) is 5.52. The first-order valence-electron chi connectivity index (χ1n) is 6.18. The van der Waals surface area contributed by atoms with Crippen molar-refractivity contribution in [2.24, 2.45) is 5.73 Å². The van der Waals surface area contributed by atoms with Crippen molar-refractivity contribution in [2.45, 2.75) is 33.3 Å². The number of aromatic hydroxyl groups is 1. The molecule has 0 bridgehead atoms. The first kappa shape index (κ1) is 15.8. The predicted molar refractivity (Wildman–Crippen MR) is 75.6 cm³/mol. The zero-order valence-electron chi connectivity index (χ0n) is 12.1. The van der Waals surface area contributed by atoms with Crippen molar-refractivity contribution >= 4 is 17.7 Å². The van der Waals surface area contributed by atoms with Crippen molar-refractivity contribution in [3.8, 4) is 5.75 Å². The Morgan fingerprint density at radius 1 is 1.35 bits per heavy atom. The Hall–Kier alpha value is -2.24. The lowest BCUT2D eigenvalue weighted by Gasteiger charge is -2.27. The molecule has 0 spiro atoms. The topological polar surface area (TPSA) is 92.9 Å². The third-order valence-electron chi connectivity index (χ3n) is 2.35. The fourth-order valence-corrected chi connectivity index (χ4v) is 1.58. The lowest BCUT2D eigenvalue weighted by atomic mass is 10.2. The number of aryl methyl sites for hydroxylation is 1. The van der Waals surface area contributed by atoms with Gasteiger partial charge in [0, 0.05) is 0 Å². The van der Waals surface area contributed by atoms with Gasteiger partial charge in [-0.15, -0.1) is 0 Å². The molecule has 0 aliphatic carbocycles. The number of phenols is 1. The number of phenolic OH excluding ortho intramolecular Hbond substituents is 1. The highest BCUT2D eigenvalue weighted by atomic mass is 16.6. The molecule has 3 N–H and O–H groups in total. The number of ether oxygens (including phenoxy) is 1. The maximum Gasteiger partial charge on any atom is 0.415 e. The van der Waals surface area contributed by atoms with Gasteiger partial charge in [0.1, 0.15) is 17.9 Å². The molecule has 0 fully saturated rings. The molecule has 0 saturated carbocycles. The number of anilines is 1. The van der Waals surface area contributed by atoms with Gasteiger partial charge >= 0.3 is 6.09 Å². The van der Waals surface area contributed by atoms with Gasteiger partial charge in [-0.25, -0.2) is 4.79 Å². The van der Waals surface area contributed by atoms with E-state index in [9.17, 15) is 14.7 Å². The molecule has 0 radical (unpaired) electrons. The first-order valence-corrected chi connectivity index (χ1v) is 6.18. The number of benzene rings is 1. The van der Waals surface area contributed by atoms with Crippen LogP contribution in [-0.2, 0) is 9.53 Å². The summed E-state index contributed by atoms with van der Waals surface area (Å²) in [6.45, 7) is 6.56. The molecule has 1 rings (SSSR count). The van der Waals surface area contributed by atoms with Crippen molar-refractivity contribution in [2.75, 3.05) is 11.4 Å². The van der Waals surface area contributed by atoms with E-state index < -0.39 is 17.6 Å². The molecule has 0 aliphatic rings. The third-order valence-corrected chi connectivity index (χ3v) is 2.35. The molecule has 6 nitrogen and oxygen atoms in total. The van der Waals surface area contributed by atoms with E-state index in [2.05, 4.69) is 0 Å². The van der Waals surface area contributed by atoms with Gasteiger partial charge in [0.2, 0.25) is 5.91 Å². The molecular formula is C14H20N2O4. The zero-order valence-corrected chi connectivity index (χ0v) is 12.1. The van der Waals surface area contributed by atoms with E-state index in [1.807, 2.05) is 0 Å². The fourth-order valence-electron chi connectivity index (χ4n) is 1.58. The molecule has 1 aromatic rings. The lowest BCUT2D eigenvalue weighted by Crippen LogP contribution is -2.41. The van der Waals surface area contributed by atoms with Gasteiger partial charge in [-0.1, -0.05) is 6.07 Å². The first-order chi connectivity index (χ1) is 9.10. The minimum absolute atomic E-state index is 0.114. The summed E-state index contributed by atoms with van der Waals surface area (Å²) in [5.74, 6) is -0.812. The number of primary amides is 1. The molecule has 110 valence electrons. The fraction of sp³-hybridized carbons (Fsp3) is 0.429. The van der Waals surface area contributed by atoms with Crippen LogP contribution in [0.15, 0.2) is 18.2 Å². The molecule has 0 saturated heterocycles. The summed E-state index contributed by atoms with van der Waals surface area (Å²) in [4.78, 5) is 24.3. The van der Waals surface area contributed by atoms with Crippen molar-refractivity contribution in [3.63, 3.8) is 0 Å². The standard InChI is InChI=1S/C14H20N2O4/c1-9-5-6-10(11(17)7-9)16(8-12(15)18)13(19)20-14(2,3)4/h5-7,17H,8H2,1-4H3,(H2,15,18). The average Bonchev–Trinajstić information content (AvgIpc) is 2.23. The summed E-state index contributed by atoms with van der Waals surface area (Å²) in [6.07, 6.45) is -0.740. The van der Waals surface area contributed by atoms with Gasteiger partial charge in [0.25, 0.3) is 0 Å². The van der Waals surface area contributed by atoms with E-state index in [-0.39, 0.29) is 18.0 Å². The molecule has 0 heterocycles. The Bertz CT molecular complexity index is 520. The Morgan fingerprint density at radius 3 is 2.40 bits per heavy atom. The van der Waals surface area contributed by atoms with Crippen LogP contribution in [0.5, 0.6) is 5.75 Å². The number of hydrogen-bond acceptors (Lipinski definition) is 4. The van der Waals surface area contributed by atoms with Crippen LogP contribution in [0.1, 0.15) is 26.3 Å². The Balaban J connectivity index is 3.12. The smallest absolute Gasteiger partial charge is 0.415 e. The van der Waals surface area contributed by atoms with Gasteiger partial charge < -0.3 is 15.6 Å². The molecule has 20 heavy (non-hydrogen) atoms. The van der Waals surface area contributed by atoms with Crippen LogP contribution < -0.4 is 10.6 Å². The second kappa shape index (κ2) is 5.81. The molecule has 0 atom stereocenters. The number of hydrogen-bond donors (Lipinski definition) is 2. The van der Waals surface area contributed by atoms with Crippen LogP contribution >= 0.6 is 0 Å². The molecule has 0 aromatic heterocycles. The minimum Gasteiger partial charge on any atom is -0.506 e. The number of nitrogens with two attached hydrogens (primary N) is 1. The predicted octanol–water partition coefficient (Wildman–Crippen LogP) is 1.93. The van der Waals surface area contributed by atoms with Gasteiger partial charge in [0.05, 0.1) is 5.69 Å². The monoisotopic (exact) mass is 280 g/mol. The van der Waals surface area contributed by atoms with E-state index in [0.717, 1.165) is 10.5 Å². The number of nitrogens with zero attached hydrogens (tertiary/aromatic N) is 1. The van der Waals surface area contributed by atoms with Crippen LogP contribution in [0, 0.1) is 6.92 Å². The van der Waals surface area contributed by atoms with Crippen LogP contribution in [0.3, 0.4) is 0 Å². The van der Waals surface area contributed by atoms with Crippen molar-refractivity contribution in [1.29, 1.82) is 0 Å². The van der Waals surface area contributed by atoms with Gasteiger partial charge in [0.15, 0.2) is 0 Å². The maximum atomic E-state index is 12.1. The Kier molecular flexibility index (Phi) is 4.60. The highest BCUT2D eigenvalue weighted by molar-refractivity contribution is 5.95. The molecule has 6 heteroatoms. The Labute approximate surface area is 118 Å². The normalized spacial score (nSPS) is 11.0. The summed E-state index contributed by atoms with van der Waals surface area (Å²) in [5, 5.41) is 9.92. The summed E-state index contributed by atoms with van der Waals surface area (Å²) in [6, 6.07) is 4.75. The third kappa shape index (κ3) is 4.46. The van der Waals surface area contributed by atoms with Crippen molar-refractivity contribution in [1.82, 2.24) is 0 Å². The van der Waals surface area contributed by atoms with Gasteiger partial charge in [-0.2, -0.15) is 0 Å². The maximum absolute atomic E-state index is 12.1. The molecule has 0 aliphatic heterocycles. The summed E-state index contributed by atoms with van der Waals surface area (Å²) in [7, 11) is 0. The number of carbonyl (C=O) groups excluding carboxylic acids is 2. The van der Waals surface area contributed by atoms with E-state index >= 15 is 0 Å². The van der Waals surface area contributed by atoms with Crippen molar-refractivity contribution in [3.05, 3.63) is 23.8 Å². The summed E-state index contributed by atoms with van der Waals surface area (Å²) in [5.41, 5.74) is 5.44.